The molecule has 5 heteroatoms. The van der Waals surface area contributed by atoms with E-state index in [1.807, 2.05) is 0 Å². The van der Waals surface area contributed by atoms with E-state index in [2.05, 4.69) is 10.0 Å². The third-order valence-electron chi connectivity index (χ3n) is 1.06. The Morgan fingerprint density at radius 3 is 2.30 bits per heavy atom. The fourth-order valence-electron chi connectivity index (χ4n) is 0.524. The second-order valence-electron chi connectivity index (χ2n) is 2.23. The molecule has 0 rings (SSSR count). The van der Waals surface area contributed by atoms with E-state index in [1.165, 1.54) is 0 Å². The third kappa shape index (κ3) is 2.37. The number of hydrogen-bond acceptors (Lipinski definition) is 2. The fraction of sp³-hybridized carbons (Fsp3) is 0.800. The van der Waals surface area contributed by atoms with Crippen molar-refractivity contribution in [3.05, 3.63) is 10.4 Å². The number of azide groups is 1. The lowest BCUT2D eigenvalue weighted by atomic mass is 10.1. The van der Waals surface area contributed by atoms with Crippen LogP contribution in [0.15, 0.2) is 5.11 Å². The summed E-state index contributed by atoms with van der Waals surface area (Å²) in [6.45, 7) is 3.38. The Morgan fingerprint density at radius 2 is 2.20 bits per heavy atom. The minimum Gasteiger partial charge on any atom is -0.481 e. The molecule has 0 bridgehead atoms. The van der Waals surface area contributed by atoms with Gasteiger partial charge in [0, 0.05) is 4.91 Å². The van der Waals surface area contributed by atoms with E-state index in [4.69, 9.17) is 10.6 Å². The molecule has 0 unspecified atom stereocenters. The highest BCUT2D eigenvalue weighted by molar-refractivity contribution is 5.73. The minimum atomic E-state index is -1.08. The van der Waals surface area contributed by atoms with Crippen molar-refractivity contribution in [2.45, 2.75) is 19.9 Å². The van der Waals surface area contributed by atoms with Crippen molar-refractivity contribution in [2.24, 2.45) is 11.0 Å². The smallest absolute Gasteiger partial charge is 0.312 e. The Balaban J connectivity index is 4.26. The summed E-state index contributed by atoms with van der Waals surface area (Å²) in [5, 5.41) is 11.5. The first kappa shape index (κ1) is 8.78. The first-order chi connectivity index (χ1) is 4.59. The van der Waals surface area contributed by atoms with Crippen molar-refractivity contribution in [1.29, 1.82) is 0 Å². The monoisotopic (exact) mass is 143 g/mol. The predicted molar refractivity (Wildman–Crippen MR) is 35.4 cm³/mol. The quantitative estimate of drug-likeness (QED) is 0.367. The van der Waals surface area contributed by atoms with E-state index < -0.39 is 12.0 Å². The minimum absolute atomic E-state index is 0.159. The predicted octanol–water partition coefficient (Wildman–Crippen LogP) is 1.41. The fourth-order valence-corrected chi connectivity index (χ4v) is 0.524. The van der Waals surface area contributed by atoms with Gasteiger partial charge < -0.3 is 5.11 Å². The Bertz CT molecular complexity index is 170. The number of nitrogens with zero attached hydrogens (tertiary/aromatic N) is 3. The SMILES string of the molecule is CC(C)[C@H](N=[N+]=[N-])C(=O)O. The molecule has 0 amide bonds. The molecule has 0 aliphatic rings. The normalized spacial score (nSPS) is 12.3. The number of aliphatic carboxylic acids is 1. The van der Waals surface area contributed by atoms with Crippen molar-refractivity contribution in [2.75, 3.05) is 0 Å². The molecule has 10 heavy (non-hydrogen) atoms. The Morgan fingerprint density at radius 1 is 1.70 bits per heavy atom. The summed E-state index contributed by atoms with van der Waals surface area (Å²) in [5.74, 6) is -1.23. The Labute approximate surface area is 58.3 Å². The van der Waals surface area contributed by atoms with Gasteiger partial charge in [-0.1, -0.05) is 19.0 Å². The van der Waals surface area contributed by atoms with Gasteiger partial charge in [-0.15, -0.1) is 0 Å². The van der Waals surface area contributed by atoms with Gasteiger partial charge in [-0.25, -0.2) is 0 Å². The van der Waals surface area contributed by atoms with Crippen molar-refractivity contribution in [1.82, 2.24) is 0 Å². The number of carboxylic acids is 1. The molecular formula is C5H9N3O2. The van der Waals surface area contributed by atoms with Crippen LogP contribution in [0.5, 0.6) is 0 Å². The van der Waals surface area contributed by atoms with Gasteiger partial charge in [0.1, 0.15) is 6.04 Å². The first-order valence-electron chi connectivity index (χ1n) is 2.86. The summed E-state index contributed by atoms with van der Waals surface area (Å²) >= 11 is 0. The molecule has 0 aliphatic heterocycles. The zero-order valence-electron chi connectivity index (χ0n) is 5.85. The molecule has 0 aromatic heterocycles. The molecule has 0 fully saturated rings. The van der Waals surface area contributed by atoms with Crippen LogP contribution in [0, 0.1) is 5.92 Å². The van der Waals surface area contributed by atoms with Gasteiger partial charge in [-0.3, -0.25) is 4.79 Å². The van der Waals surface area contributed by atoms with Gasteiger partial charge in [0.25, 0.3) is 0 Å². The van der Waals surface area contributed by atoms with Crippen molar-refractivity contribution in [3.63, 3.8) is 0 Å². The van der Waals surface area contributed by atoms with Crippen molar-refractivity contribution >= 4 is 5.97 Å². The van der Waals surface area contributed by atoms with Crippen LogP contribution in [0.2, 0.25) is 0 Å². The third-order valence-corrected chi connectivity index (χ3v) is 1.06. The second-order valence-corrected chi connectivity index (χ2v) is 2.23. The van der Waals surface area contributed by atoms with Crippen molar-refractivity contribution in [3.8, 4) is 0 Å². The van der Waals surface area contributed by atoms with Crippen LogP contribution >= 0.6 is 0 Å². The second kappa shape index (κ2) is 3.74. The highest BCUT2D eigenvalue weighted by atomic mass is 16.4. The van der Waals surface area contributed by atoms with Crippen LogP contribution in [0.3, 0.4) is 0 Å². The molecule has 0 heterocycles. The molecule has 0 saturated heterocycles. The zero-order valence-corrected chi connectivity index (χ0v) is 5.85. The van der Waals surface area contributed by atoms with E-state index in [9.17, 15) is 4.79 Å². The summed E-state index contributed by atoms with van der Waals surface area (Å²) in [4.78, 5) is 12.7. The largest absolute Gasteiger partial charge is 0.481 e. The molecule has 0 spiro atoms. The molecule has 0 aromatic rings. The summed E-state index contributed by atoms with van der Waals surface area (Å²) < 4.78 is 0. The molecule has 0 saturated carbocycles. The van der Waals surface area contributed by atoms with E-state index in [0.717, 1.165) is 0 Å². The summed E-state index contributed by atoms with van der Waals surface area (Å²) in [5.41, 5.74) is 7.93. The molecule has 0 radical (unpaired) electrons. The zero-order chi connectivity index (χ0) is 8.15. The highest BCUT2D eigenvalue weighted by Crippen LogP contribution is 2.05. The summed E-state index contributed by atoms with van der Waals surface area (Å²) in [6.07, 6.45) is 0. The Kier molecular flexibility index (Phi) is 3.28. The van der Waals surface area contributed by atoms with Gasteiger partial charge >= 0.3 is 5.97 Å². The van der Waals surface area contributed by atoms with Crippen LogP contribution < -0.4 is 0 Å². The van der Waals surface area contributed by atoms with Gasteiger partial charge in [0.15, 0.2) is 0 Å². The van der Waals surface area contributed by atoms with Gasteiger partial charge in [0.05, 0.1) is 0 Å². The van der Waals surface area contributed by atoms with Crippen LogP contribution in [-0.2, 0) is 4.79 Å². The summed E-state index contributed by atoms with van der Waals surface area (Å²) in [6, 6.07) is -0.940. The lowest BCUT2D eigenvalue weighted by molar-refractivity contribution is -0.139. The molecular weight excluding hydrogens is 134 g/mol. The van der Waals surface area contributed by atoms with Crippen LogP contribution in [-0.4, -0.2) is 17.1 Å². The number of hydrogen-bond donors (Lipinski definition) is 1. The molecule has 5 nitrogen and oxygen atoms in total. The lowest BCUT2D eigenvalue weighted by Crippen LogP contribution is -2.22. The first-order valence-corrected chi connectivity index (χ1v) is 2.86. The molecule has 0 aliphatic carbocycles. The van der Waals surface area contributed by atoms with E-state index >= 15 is 0 Å². The average molecular weight is 143 g/mol. The molecule has 1 atom stereocenters. The molecule has 56 valence electrons. The lowest BCUT2D eigenvalue weighted by Gasteiger charge is -2.07. The Hall–Kier alpha value is -1.22. The van der Waals surface area contributed by atoms with E-state index in [-0.39, 0.29) is 5.92 Å². The number of rotatable bonds is 3. The topological polar surface area (TPSA) is 86.1 Å². The van der Waals surface area contributed by atoms with Gasteiger partial charge in [-0.2, -0.15) is 0 Å². The standard InChI is InChI=1S/C5H9N3O2/c1-3(2)4(5(9)10)7-8-6/h3-4H,1-2H3,(H,9,10)/t4-/m0/s1. The van der Waals surface area contributed by atoms with Crippen LogP contribution in [0.25, 0.3) is 10.4 Å². The maximum Gasteiger partial charge on any atom is 0.312 e. The van der Waals surface area contributed by atoms with Crippen LogP contribution in [0.1, 0.15) is 13.8 Å². The van der Waals surface area contributed by atoms with Gasteiger partial charge in [-0.05, 0) is 11.4 Å². The number of carbonyl (C=O) groups is 1. The highest BCUT2D eigenvalue weighted by Gasteiger charge is 2.18. The van der Waals surface area contributed by atoms with E-state index in [0.29, 0.717) is 0 Å². The maximum atomic E-state index is 10.3. The van der Waals surface area contributed by atoms with Crippen molar-refractivity contribution < 1.29 is 9.90 Å². The van der Waals surface area contributed by atoms with E-state index in [1.54, 1.807) is 13.8 Å². The molecule has 1 N–H and O–H groups in total. The molecule has 0 aromatic carbocycles. The number of carboxylic acid groups (broad SMARTS) is 1. The summed E-state index contributed by atoms with van der Waals surface area (Å²) in [7, 11) is 0. The van der Waals surface area contributed by atoms with Crippen LogP contribution in [0.4, 0.5) is 0 Å². The maximum absolute atomic E-state index is 10.3. The van der Waals surface area contributed by atoms with Gasteiger partial charge in [0.2, 0.25) is 0 Å². The average Bonchev–Trinajstić information content (AvgIpc) is 1.81.